The molecule has 1 heterocycles. The molecule has 0 saturated carbocycles. The molecule has 86 valence electrons. The van der Waals surface area contributed by atoms with Crippen LogP contribution in [-0.4, -0.2) is 29.0 Å². The monoisotopic (exact) mass is 230 g/mol. The molecule has 1 aromatic carbocycles. The van der Waals surface area contributed by atoms with Crippen LogP contribution in [0.4, 0.5) is 0 Å². The Balaban J connectivity index is 2.58. The minimum absolute atomic E-state index is 0.103. The van der Waals surface area contributed by atoms with E-state index in [9.17, 15) is 9.59 Å². The summed E-state index contributed by atoms with van der Waals surface area (Å²) in [6.07, 6.45) is 1.30. The van der Waals surface area contributed by atoms with Crippen LogP contribution in [0.1, 0.15) is 20.7 Å². The molecule has 17 heavy (non-hydrogen) atoms. The number of pyridine rings is 1. The van der Waals surface area contributed by atoms with Crippen molar-refractivity contribution in [2.45, 2.75) is 0 Å². The molecule has 5 heteroatoms. The van der Waals surface area contributed by atoms with Gasteiger partial charge in [-0.1, -0.05) is 0 Å². The maximum atomic E-state index is 11.4. The molecule has 1 aromatic heterocycles. The van der Waals surface area contributed by atoms with Crippen LogP contribution in [-0.2, 0) is 0 Å². The average molecular weight is 230 g/mol. The van der Waals surface area contributed by atoms with Gasteiger partial charge in [0.15, 0.2) is 0 Å². The average Bonchev–Trinajstić information content (AvgIpc) is 2.36. The van der Waals surface area contributed by atoms with Crippen molar-refractivity contribution in [2.24, 2.45) is 0 Å². The molecule has 0 atom stereocenters. The van der Waals surface area contributed by atoms with Crippen LogP contribution in [0.15, 0.2) is 30.5 Å². The van der Waals surface area contributed by atoms with Gasteiger partial charge < -0.3 is 10.4 Å². The van der Waals surface area contributed by atoms with Gasteiger partial charge in [-0.15, -0.1) is 0 Å². The Bertz CT molecular complexity index is 608. The zero-order chi connectivity index (χ0) is 12.4. The molecule has 0 bridgehead atoms. The van der Waals surface area contributed by atoms with E-state index in [0.717, 1.165) is 0 Å². The lowest BCUT2D eigenvalue weighted by Crippen LogP contribution is -2.17. The smallest absolute Gasteiger partial charge is 0.337 e. The van der Waals surface area contributed by atoms with Crippen molar-refractivity contribution in [3.05, 3.63) is 41.6 Å². The van der Waals surface area contributed by atoms with Crippen molar-refractivity contribution < 1.29 is 14.7 Å². The van der Waals surface area contributed by atoms with Crippen molar-refractivity contribution >= 4 is 22.8 Å². The Morgan fingerprint density at radius 2 is 1.94 bits per heavy atom. The number of carbonyl (C=O) groups is 2. The molecule has 0 unspecified atom stereocenters. The van der Waals surface area contributed by atoms with Gasteiger partial charge in [-0.3, -0.25) is 9.78 Å². The van der Waals surface area contributed by atoms with Crippen LogP contribution in [0.2, 0.25) is 0 Å². The summed E-state index contributed by atoms with van der Waals surface area (Å²) in [6.45, 7) is 0. The van der Waals surface area contributed by atoms with Crippen LogP contribution in [0, 0.1) is 0 Å². The number of fused-ring (bicyclic) bond motifs is 1. The first-order chi connectivity index (χ1) is 8.11. The van der Waals surface area contributed by atoms with Crippen LogP contribution < -0.4 is 5.32 Å². The summed E-state index contributed by atoms with van der Waals surface area (Å²) in [4.78, 5) is 26.2. The Kier molecular flexibility index (Phi) is 2.74. The number of aromatic carboxylic acids is 1. The molecule has 0 saturated heterocycles. The number of hydrogen-bond acceptors (Lipinski definition) is 3. The zero-order valence-corrected chi connectivity index (χ0v) is 9.10. The molecule has 0 spiro atoms. The molecule has 2 N–H and O–H groups in total. The van der Waals surface area contributed by atoms with Crippen molar-refractivity contribution in [3.8, 4) is 0 Å². The fourth-order valence-electron chi connectivity index (χ4n) is 1.53. The van der Waals surface area contributed by atoms with Crippen molar-refractivity contribution in [2.75, 3.05) is 7.05 Å². The normalized spacial score (nSPS) is 10.2. The van der Waals surface area contributed by atoms with Crippen molar-refractivity contribution in [3.63, 3.8) is 0 Å². The van der Waals surface area contributed by atoms with E-state index in [-0.39, 0.29) is 11.5 Å². The molecule has 0 radical (unpaired) electrons. The third kappa shape index (κ3) is 2.08. The number of carboxylic acid groups (broad SMARTS) is 1. The first-order valence-electron chi connectivity index (χ1n) is 4.97. The van der Waals surface area contributed by atoms with Gasteiger partial charge in [0, 0.05) is 24.2 Å². The molecule has 5 nitrogen and oxygen atoms in total. The number of nitrogens with one attached hydrogen (secondary N) is 1. The maximum Gasteiger partial charge on any atom is 0.337 e. The standard InChI is InChI=1S/C12H10N2O3/c1-13-11(15)7-2-3-10-8(4-7)5-9(6-14-10)12(16)17/h2-6H,1H3,(H,13,15)(H,16,17). The highest BCUT2D eigenvalue weighted by molar-refractivity contribution is 5.99. The van der Waals surface area contributed by atoms with Gasteiger partial charge in [-0.05, 0) is 24.3 Å². The number of aromatic nitrogens is 1. The summed E-state index contributed by atoms with van der Waals surface area (Å²) in [7, 11) is 1.54. The van der Waals surface area contributed by atoms with Gasteiger partial charge >= 0.3 is 5.97 Å². The summed E-state index contributed by atoms with van der Waals surface area (Å²) < 4.78 is 0. The SMILES string of the molecule is CNC(=O)c1ccc2ncc(C(=O)O)cc2c1. The molecular formula is C12H10N2O3. The number of hydrogen-bond donors (Lipinski definition) is 2. The summed E-state index contributed by atoms with van der Waals surface area (Å²) >= 11 is 0. The van der Waals surface area contributed by atoms with Gasteiger partial charge in [0.05, 0.1) is 11.1 Å². The second-order valence-corrected chi connectivity index (χ2v) is 3.52. The van der Waals surface area contributed by atoms with E-state index in [0.29, 0.717) is 16.5 Å². The van der Waals surface area contributed by atoms with Gasteiger partial charge in [0.1, 0.15) is 0 Å². The molecule has 2 rings (SSSR count). The molecule has 0 aliphatic carbocycles. The van der Waals surface area contributed by atoms with E-state index in [4.69, 9.17) is 5.11 Å². The molecular weight excluding hydrogens is 220 g/mol. The molecule has 0 fully saturated rings. The van der Waals surface area contributed by atoms with E-state index in [1.165, 1.54) is 12.3 Å². The van der Waals surface area contributed by atoms with E-state index in [2.05, 4.69) is 10.3 Å². The van der Waals surface area contributed by atoms with Gasteiger partial charge in [0.2, 0.25) is 0 Å². The molecule has 2 aromatic rings. The predicted octanol–water partition coefficient (Wildman–Crippen LogP) is 1.29. The first kappa shape index (κ1) is 11.1. The zero-order valence-electron chi connectivity index (χ0n) is 9.10. The Hall–Kier alpha value is -2.43. The van der Waals surface area contributed by atoms with Gasteiger partial charge in [-0.2, -0.15) is 0 Å². The molecule has 0 aliphatic rings. The Labute approximate surface area is 97.1 Å². The predicted molar refractivity (Wildman–Crippen MR) is 62.1 cm³/mol. The van der Waals surface area contributed by atoms with Crippen LogP contribution in [0.3, 0.4) is 0 Å². The lowest BCUT2D eigenvalue weighted by atomic mass is 10.1. The second kappa shape index (κ2) is 4.21. The van der Waals surface area contributed by atoms with Gasteiger partial charge in [-0.25, -0.2) is 4.79 Å². The number of carbonyl (C=O) groups excluding carboxylic acids is 1. The fourth-order valence-corrected chi connectivity index (χ4v) is 1.53. The van der Waals surface area contributed by atoms with E-state index in [1.807, 2.05) is 0 Å². The number of nitrogens with zero attached hydrogens (tertiary/aromatic N) is 1. The third-order valence-electron chi connectivity index (χ3n) is 2.42. The summed E-state index contributed by atoms with van der Waals surface area (Å²) in [5.74, 6) is -1.25. The number of amides is 1. The summed E-state index contributed by atoms with van der Waals surface area (Å²) in [5, 5.41) is 12.0. The highest BCUT2D eigenvalue weighted by Gasteiger charge is 2.07. The van der Waals surface area contributed by atoms with Crippen LogP contribution >= 0.6 is 0 Å². The maximum absolute atomic E-state index is 11.4. The Morgan fingerprint density at radius 3 is 2.59 bits per heavy atom. The summed E-state index contributed by atoms with van der Waals surface area (Å²) in [6, 6.07) is 6.45. The van der Waals surface area contributed by atoms with Crippen LogP contribution in [0.5, 0.6) is 0 Å². The lowest BCUT2D eigenvalue weighted by molar-refractivity contribution is 0.0696. The topological polar surface area (TPSA) is 79.3 Å². The Morgan fingerprint density at radius 1 is 1.24 bits per heavy atom. The van der Waals surface area contributed by atoms with E-state index in [1.54, 1.807) is 25.2 Å². The highest BCUT2D eigenvalue weighted by Crippen LogP contribution is 2.15. The molecule has 1 amide bonds. The third-order valence-corrected chi connectivity index (χ3v) is 2.42. The first-order valence-corrected chi connectivity index (χ1v) is 4.97. The minimum atomic E-state index is -1.04. The highest BCUT2D eigenvalue weighted by atomic mass is 16.4. The largest absolute Gasteiger partial charge is 0.478 e. The second-order valence-electron chi connectivity index (χ2n) is 3.52. The van der Waals surface area contributed by atoms with Gasteiger partial charge in [0.25, 0.3) is 5.91 Å². The number of carboxylic acids is 1. The van der Waals surface area contributed by atoms with E-state index >= 15 is 0 Å². The fraction of sp³-hybridized carbons (Fsp3) is 0.0833. The van der Waals surface area contributed by atoms with Crippen molar-refractivity contribution in [1.82, 2.24) is 10.3 Å². The quantitative estimate of drug-likeness (QED) is 0.814. The summed E-state index contributed by atoms with van der Waals surface area (Å²) in [5.41, 5.74) is 1.23. The number of rotatable bonds is 2. The van der Waals surface area contributed by atoms with E-state index < -0.39 is 5.97 Å². The minimum Gasteiger partial charge on any atom is -0.478 e. The van der Waals surface area contributed by atoms with Crippen LogP contribution in [0.25, 0.3) is 10.9 Å². The molecule has 0 aliphatic heterocycles. The lowest BCUT2D eigenvalue weighted by Gasteiger charge is -2.03. The number of benzene rings is 1. The van der Waals surface area contributed by atoms with Crippen molar-refractivity contribution in [1.29, 1.82) is 0 Å².